The van der Waals surface area contributed by atoms with Gasteiger partial charge in [-0.3, -0.25) is 4.79 Å². The minimum atomic E-state index is 0.374. The van der Waals surface area contributed by atoms with Crippen LogP contribution in [0.25, 0.3) is 0 Å². The summed E-state index contributed by atoms with van der Waals surface area (Å²) in [5, 5.41) is 0. The lowest BCUT2D eigenvalue weighted by Gasteiger charge is -2.30. The van der Waals surface area contributed by atoms with Crippen molar-refractivity contribution in [2.45, 2.75) is 58.3 Å². The topological polar surface area (TPSA) is 29.5 Å². The van der Waals surface area contributed by atoms with Crippen molar-refractivity contribution in [1.29, 1.82) is 0 Å². The van der Waals surface area contributed by atoms with E-state index in [1.807, 2.05) is 0 Å². The fourth-order valence-electron chi connectivity index (χ4n) is 2.47. The van der Waals surface area contributed by atoms with Gasteiger partial charge in [0.25, 0.3) is 0 Å². The zero-order valence-electron chi connectivity index (χ0n) is 12.1. The Morgan fingerprint density at radius 1 is 1.11 bits per heavy atom. The van der Waals surface area contributed by atoms with Crippen LogP contribution in [-0.2, 0) is 9.53 Å². The van der Waals surface area contributed by atoms with Gasteiger partial charge in [0.2, 0.25) is 5.91 Å². The minimum Gasteiger partial charge on any atom is -0.385 e. The molecular formula is C15H29NO2. The molecule has 0 unspecified atom stereocenters. The van der Waals surface area contributed by atoms with E-state index in [0.29, 0.717) is 5.91 Å². The molecule has 0 aromatic carbocycles. The van der Waals surface area contributed by atoms with Crippen molar-refractivity contribution >= 4 is 5.91 Å². The van der Waals surface area contributed by atoms with E-state index in [1.54, 1.807) is 7.11 Å². The number of hydrogen-bond acceptors (Lipinski definition) is 2. The fraction of sp³-hybridized carbons (Fsp3) is 0.933. The number of carbonyl (C=O) groups excluding carboxylic acids is 1. The summed E-state index contributed by atoms with van der Waals surface area (Å²) in [6, 6.07) is 0. The highest BCUT2D eigenvalue weighted by molar-refractivity contribution is 5.76. The van der Waals surface area contributed by atoms with Crippen LogP contribution < -0.4 is 0 Å². The first-order valence-electron chi connectivity index (χ1n) is 7.50. The van der Waals surface area contributed by atoms with Gasteiger partial charge in [-0.1, -0.05) is 26.2 Å². The predicted molar refractivity (Wildman–Crippen MR) is 74.6 cm³/mol. The van der Waals surface area contributed by atoms with Gasteiger partial charge in [0.1, 0.15) is 0 Å². The Labute approximate surface area is 112 Å². The Balaban J connectivity index is 1.96. The van der Waals surface area contributed by atoms with E-state index < -0.39 is 0 Å². The van der Waals surface area contributed by atoms with Crippen LogP contribution in [0, 0.1) is 5.92 Å². The largest absolute Gasteiger partial charge is 0.385 e. The van der Waals surface area contributed by atoms with Gasteiger partial charge in [0.05, 0.1) is 0 Å². The van der Waals surface area contributed by atoms with Crippen LogP contribution in [0.15, 0.2) is 0 Å². The van der Waals surface area contributed by atoms with E-state index in [0.717, 1.165) is 44.9 Å². The SMILES string of the molecule is COCCCCCCCC(=O)N1CCC(C)CC1. The predicted octanol–water partition coefficient (Wildman–Crippen LogP) is 3.23. The van der Waals surface area contributed by atoms with Gasteiger partial charge in [0, 0.05) is 33.2 Å². The maximum absolute atomic E-state index is 11.9. The van der Waals surface area contributed by atoms with Gasteiger partial charge in [-0.2, -0.15) is 0 Å². The van der Waals surface area contributed by atoms with E-state index >= 15 is 0 Å². The lowest BCUT2D eigenvalue weighted by Crippen LogP contribution is -2.37. The average Bonchev–Trinajstić information content (AvgIpc) is 2.38. The molecule has 3 heteroatoms. The first-order valence-corrected chi connectivity index (χ1v) is 7.50. The van der Waals surface area contributed by atoms with E-state index in [9.17, 15) is 4.79 Å². The highest BCUT2D eigenvalue weighted by atomic mass is 16.5. The molecule has 0 bridgehead atoms. The number of rotatable bonds is 8. The second-order valence-corrected chi connectivity index (χ2v) is 5.57. The highest BCUT2D eigenvalue weighted by Crippen LogP contribution is 2.17. The number of hydrogen-bond donors (Lipinski definition) is 0. The van der Waals surface area contributed by atoms with Gasteiger partial charge in [-0.05, 0) is 31.6 Å². The molecule has 1 aliphatic rings. The standard InChI is InChI=1S/C15H29NO2/c1-14-9-11-16(12-10-14)15(17)8-6-4-3-5-7-13-18-2/h14H,3-13H2,1-2H3. The molecule has 3 nitrogen and oxygen atoms in total. The van der Waals surface area contributed by atoms with E-state index in [4.69, 9.17) is 4.74 Å². The maximum atomic E-state index is 11.9. The summed E-state index contributed by atoms with van der Waals surface area (Å²) in [6.45, 7) is 5.11. The third-order valence-corrected chi connectivity index (χ3v) is 3.88. The lowest BCUT2D eigenvalue weighted by atomic mass is 9.99. The van der Waals surface area contributed by atoms with Crippen LogP contribution in [0.3, 0.4) is 0 Å². The van der Waals surface area contributed by atoms with Crippen LogP contribution in [0.2, 0.25) is 0 Å². The van der Waals surface area contributed by atoms with Crippen LogP contribution in [0.1, 0.15) is 58.3 Å². The molecule has 1 aliphatic heterocycles. The molecular weight excluding hydrogens is 226 g/mol. The van der Waals surface area contributed by atoms with Crippen molar-refractivity contribution in [1.82, 2.24) is 4.90 Å². The third-order valence-electron chi connectivity index (χ3n) is 3.88. The number of piperidine rings is 1. The first-order chi connectivity index (χ1) is 8.74. The number of unbranched alkanes of at least 4 members (excludes halogenated alkanes) is 4. The molecule has 18 heavy (non-hydrogen) atoms. The number of methoxy groups -OCH3 is 1. The van der Waals surface area contributed by atoms with Gasteiger partial charge >= 0.3 is 0 Å². The second-order valence-electron chi connectivity index (χ2n) is 5.57. The van der Waals surface area contributed by atoms with Gasteiger partial charge in [-0.25, -0.2) is 0 Å². The van der Waals surface area contributed by atoms with E-state index in [-0.39, 0.29) is 0 Å². The Bertz CT molecular complexity index is 223. The van der Waals surface area contributed by atoms with Crippen molar-refractivity contribution in [2.24, 2.45) is 5.92 Å². The molecule has 0 spiro atoms. The molecule has 106 valence electrons. The Kier molecular flexibility index (Phi) is 8.06. The van der Waals surface area contributed by atoms with Crippen LogP contribution in [0.5, 0.6) is 0 Å². The summed E-state index contributed by atoms with van der Waals surface area (Å²) < 4.78 is 5.01. The maximum Gasteiger partial charge on any atom is 0.222 e. The van der Waals surface area contributed by atoms with Gasteiger partial charge in [-0.15, -0.1) is 0 Å². The monoisotopic (exact) mass is 255 g/mol. The van der Waals surface area contributed by atoms with Crippen molar-refractivity contribution < 1.29 is 9.53 Å². The number of amides is 1. The first kappa shape index (κ1) is 15.5. The quantitative estimate of drug-likeness (QED) is 0.623. The third kappa shape index (κ3) is 6.39. The summed E-state index contributed by atoms with van der Waals surface area (Å²) in [5.41, 5.74) is 0. The van der Waals surface area contributed by atoms with Crippen molar-refractivity contribution in [3.8, 4) is 0 Å². The molecule has 0 aliphatic carbocycles. The molecule has 0 radical (unpaired) electrons. The summed E-state index contributed by atoms with van der Waals surface area (Å²) in [4.78, 5) is 14.0. The molecule has 1 rings (SSSR count). The van der Waals surface area contributed by atoms with Gasteiger partial charge in [0.15, 0.2) is 0 Å². The molecule has 1 amide bonds. The Hall–Kier alpha value is -0.570. The van der Waals surface area contributed by atoms with Crippen molar-refractivity contribution in [3.63, 3.8) is 0 Å². The van der Waals surface area contributed by atoms with Gasteiger partial charge < -0.3 is 9.64 Å². The van der Waals surface area contributed by atoms with Crippen LogP contribution >= 0.6 is 0 Å². The molecule has 1 fully saturated rings. The minimum absolute atomic E-state index is 0.374. The number of likely N-dealkylation sites (tertiary alicyclic amines) is 1. The number of nitrogens with zero attached hydrogens (tertiary/aromatic N) is 1. The van der Waals surface area contributed by atoms with E-state index in [2.05, 4.69) is 11.8 Å². The molecule has 0 aromatic heterocycles. The molecule has 0 aromatic rings. The molecule has 1 saturated heterocycles. The summed E-state index contributed by atoms with van der Waals surface area (Å²) >= 11 is 0. The Morgan fingerprint density at radius 3 is 2.39 bits per heavy atom. The highest BCUT2D eigenvalue weighted by Gasteiger charge is 2.19. The number of carbonyl (C=O) groups is 1. The van der Waals surface area contributed by atoms with Crippen LogP contribution in [0.4, 0.5) is 0 Å². The van der Waals surface area contributed by atoms with Crippen molar-refractivity contribution in [3.05, 3.63) is 0 Å². The van der Waals surface area contributed by atoms with Crippen molar-refractivity contribution in [2.75, 3.05) is 26.8 Å². The lowest BCUT2D eigenvalue weighted by molar-refractivity contribution is -0.132. The molecule has 0 saturated carbocycles. The molecule has 1 heterocycles. The normalized spacial score (nSPS) is 17.1. The zero-order chi connectivity index (χ0) is 13.2. The summed E-state index contributed by atoms with van der Waals surface area (Å²) in [5.74, 6) is 1.17. The molecule has 0 N–H and O–H groups in total. The van der Waals surface area contributed by atoms with E-state index in [1.165, 1.54) is 32.1 Å². The number of ether oxygens (including phenoxy) is 1. The summed E-state index contributed by atoms with van der Waals surface area (Å²) in [7, 11) is 1.75. The zero-order valence-corrected chi connectivity index (χ0v) is 12.1. The summed E-state index contributed by atoms with van der Waals surface area (Å²) in [6.07, 6.45) is 8.95. The fourth-order valence-corrected chi connectivity index (χ4v) is 2.47. The second kappa shape index (κ2) is 9.37. The molecule has 0 atom stereocenters. The van der Waals surface area contributed by atoms with Crippen LogP contribution in [-0.4, -0.2) is 37.6 Å². The average molecular weight is 255 g/mol. The smallest absolute Gasteiger partial charge is 0.222 e. The Morgan fingerprint density at radius 2 is 1.72 bits per heavy atom.